The normalized spacial score (nSPS) is 10.8. The summed E-state index contributed by atoms with van der Waals surface area (Å²) in [4.78, 5) is 20.5. The van der Waals surface area contributed by atoms with Crippen LogP contribution in [0.15, 0.2) is 54.6 Å². The number of hydrogen-bond acceptors (Lipinski definition) is 6. The molecule has 3 aromatic carbocycles. The zero-order valence-corrected chi connectivity index (χ0v) is 20.2. The molecule has 0 spiro atoms. The number of anilines is 1. The first kappa shape index (κ1) is 22.6. The van der Waals surface area contributed by atoms with Crippen LogP contribution in [0.3, 0.4) is 0 Å². The van der Waals surface area contributed by atoms with Crippen LogP contribution < -0.4 is 19.1 Å². The van der Waals surface area contributed by atoms with Gasteiger partial charge in [0.05, 0.1) is 38.1 Å². The molecule has 7 heteroatoms. The zero-order valence-electron chi connectivity index (χ0n) is 19.3. The Morgan fingerprint density at radius 3 is 2.12 bits per heavy atom. The first-order chi connectivity index (χ1) is 16.0. The van der Waals surface area contributed by atoms with Crippen LogP contribution in [0.1, 0.15) is 27.0 Å². The molecule has 0 aliphatic heterocycles. The number of fused-ring (bicyclic) bond motifs is 1. The van der Waals surface area contributed by atoms with Crippen molar-refractivity contribution in [3.63, 3.8) is 0 Å². The van der Waals surface area contributed by atoms with Gasteiger partial charge < -0.3 is 14.2 Å². The number of ether oxygens (including phenoxy) is 3. The van der Waals surface area contributed by atoms with Gasteiger partial charge in [-0.05, 0) is 42.7 Å². The number of benzene rings is 3. The summed E-state index contributed by atoms with van der Waals surface area (Å²) >= 11 is 1.52. The van der Waals surface area contributed by atoms with Crippen LogP contribution in [0, 0.1) is 13.8 Å². The molecule has 4 aromatic rings. The number of rotatable bonds is 7. The van der Waals surface area contributed by atoms with E-state index in [2.05, 4.69) is 19.1 Å². The van der Waals surface area contributed by atoms with Gasteiger partial charge in [0.2, 0.25) is 5.75 Å². The molecule has 0 radical (unpaired) electrons. The van der Waals surface area contributed by atoms with Crippen molar-refractivity contribution in [1.82, 2.24) is 4.98 Å². The number of nitrogens with zero attached hydrogens (tertiary/aromatic N) is 2. The van der Waals surface area contributed by atoms with E-state index in [1.165, 1.54) is 32.7 Å². The number of aromatic nitrogens is 1. The van der Waals surface area contributed by atoms with Crippen LogP contribution >= 0.6 is 11.3 Å². The summed E-state index contributed by atoms with van der Waals surface area (Å²) in [5.74, 6) is 1.09. The van der Waals surface area contributed by atoms with E-state index in [1.54, 1.807) is 17.0 Å². The number of carbonyl (C=O) groups is 1. The van der Waals surface area contributed by atoms with Crippen molar-refractivity contribution in [2.45, 2.75) is 20.4 Å². The molecule has 1 amide bonds. The van der Waals surface area contributed by atoms with E-state index in [1.807, 2.05) is 37.3 Å². The van der Waals surface area contributed by atoms with Crippen LogP contribution in [0.25, 0.3) is 10.2 Å². The van der Waals surface area contributed by atoms with Gasteiger partial charge in [0.1, 0.15) is 0 Å². The Morgan fingerprint density at radius 1 is 0.909 bits per heavy atom. The third-order valence-electron chi connectivity index (χ3n) is 5.50. The molecular weight excluding hydrogens is 436 g/mol. The summed E-state index contributed by atoms with van der Waals surface area (Å²) in [5, 5.41) is 0.644. The minimum absolute atomic E-state index is 0.201. The largest absolute Gasteiger partial charge is 0.493 e. The molecule has 1 aromatic heterocycles. The van der Waals surface area contributed by atoms with Gasteiger partial charge in [-0.1, -0.05) is 53.8 Å². The third-order valence-corrected chi connectivity index (χ3v) is 6.72. The van der Waals surface area contributed by atoms with Crippen molar-refractivity contribution < 1.29 is 19.0 Å². The van der Waals surface area contributed by atoms with Crippen LogP contribution in [0.2, 0.25) is 0 Å². The smallest absolute Gasteiger partial charge is 0.260 e. The number of amides is 1. The number of carbonyl (C=O) groups excluding carboxylic acids is 1. The molecule has 0 saturated heterocycles. The first-order valence-corrected chi connectivity index (χ1v) is 11.3. The van der Waals surface area contributed by atoms with Crippen LogP contribution in [-0.4, -0.2) is 32.2 Å². The summed E-state index contributed by atoms with van der Waals surface area (Å²) < 4.78 is 17.4. The lowest BCUT2D eigenvalue weighted by atomic mass is 10.1. The van der Waals surface area contributed by atoms with Crippen molar-refractivity contribution in [1.29, 1.82) is 0 Å². The van der Waals surface area contributed by atoms with Gasteiger partial charge in [0.25, 0.3) is 5.91 Å². The predicted octanol–water partition coefficient (Wildman–Crippen LogP) is 5.79. The number of hydrogen-bond donors (Lipinski definition) is 0. The average Bonchev–Trinajstić information content (AvgIpc) is 3.30. The van der Waals surface area contributed by atoms with Crippen LogP contribution in [-0.2, 0) is 6.54 Å². The van der Waals surface area contributed by atoms with Gasteiger partial charge in [0, 0.05) is 5.56 Å². The summed E-state index contributed by atoms with van der Waals surface area (Å²) in [6.45, 7) is 4.48. The van der Waals surface area contributed by atoms with Gasteiger partial charge in [-0.25, -0.2) is 4.98 Å². The maximum atomic E-state index is 13.9. The lowest BCUT2D eigenvalue weighted by Crippen LogP contribution is -2.30. The Labute approximate surface area is 197 Å². The molecule has 170 valence electrons. The Hall–Kier alpha value is -3.58. The monoisotopic (exact) mass is 462 g/mol. The van der Waals surface area contributed by atoms with E-state index in [4.69, 9.17) is 19.2 Å². The highest BCUT2D eigenvalue weighted by Gasteiger charge is 2.25. The fourth-order valence-corrected chi connectivity index (χ4v) is 4.83. The summed E-state index contributed by atoms with van der Waals surface area (Å²) in [6, 6.07) is 17.4. The predicted molar refractivity (Wildman–Crippen MR) is 132 cm³/mol. The molecule has 6 nitrogen and oxygen atoms in total. The van der Waals surface area contributed by atoms with Gasteiger partial charge >= 0.3 is 0 Å². The van der Waals surface area contributed by atoms with Crippen molar-refractivity contribution in [3.8, 4) is 17.2 Å². The van der Waals surface area contributed by atoms with E-state index >= 15 is 0 Å². The molecule has 0 bridgehead atoms. The molecule has 0 atom stereocenters. The molecule has 0 aliphatic rings. The van der Waals surface area contributed by atoms with Gasteiger partial charge in [-0.2, -0.15) is 0 Å². The first-order valence-electron chi connectivity index (χ1n) is 10.5. The maximum Gasteiger partial charge on any atom is 0.260 e. The molecule has 0 saturated carbocycles. The van der Waals surface area contributed by atoms with Gasteiger partial charge in [-0.3, -0.25) is 9.69 Å². The second kappa shape index (κ2) is 9.50. The van der Waals surface area contributed by atoms with Gasteiger partial charge in [-0.15, -0.1) is 0 Å². The van der Waals surface area contributed by atoms with E-state index in [0.717, 1.165) is 26.9 Å². The highest BCUT2D eigenvalue weighted by Crippen LogP contribution is 2.40. The average molecular weight is 463 g/mol. The van der Waals surface area contributed by atoms with E-state index in [0.29, 0.717) is 34.5 Å². The number of thiazole rings is 1. The lowest BCUT2D eigenvalue weighted by Gasteiger charge is -2.21. The van der Waals surface area contributed by atoms with E-state index < -0.39 is 0 Å². The molecule has 0 N–H and O–H groups in total. The zero-order chi connectivity index (χ0) is 23.5. The van der Waals surface area contributed by atoms with E-state index in [-0.39, 0.29) is 5.91 Å². The summed E-state index contributed by atoms with van der Waals surface area (Å²) in [6.07, 6.45) is 0. The molecular formula is C26H26N2O4S. The molecule has 4 rings (SSSR count). The fourth-order valence-electron chi connectivity index (χ4n) is 3.72. The Balaban J connectivity index is 1.85. The number of methoxy groups -OCH3 is 3. The molecule has 0 fully saturated rings. The quantitative estimate of drug-likeness (QED) is 0.348. The van der Waals surface area contributed by atoms with Crippen molar-refractivity contribution in [2.75, 3.05) is 26.2 Å². The molecule has 0 unspecified atom stereocenters. The second-order valence-electron chi connectivity index (χ2n) is 7.66. The van der Waals surface area contributed by atoms with Gasteiger partial charge in [0.15, 0.2) is 16.6 Å². The SMILES string of the molecule is COc1cc(C(=O)N(Cc2ccccc2)c2nc3c(C)ccc(C)c3s2)cc(OC)c1OC. The Kier molecular flexibility index (Phi) is 6.51. The van der Waals surface area contributed by atoms with E-state index in [9.17, 15) is 4.79 Å². The summed E-state index contributed by atoms with van der Waals surface area (Å²) in [5.41, 5.74) is 4.57. The fraction of sp³-hybridized carbons (Fsp3) is 0.231. The topological polar surface area (TPSA) is 60.9 Å². The van der Waals surface area contributed by atoms with Crippen molar-refractivity contribution >= 4 is 32.6 Å². The lowest BCUT2D eigenvalue weighted by molar-refractivity contribution is 0.0984. The number of aryl methyl sites for hydroxylation is 2. The van der Waals surface area contributed by atoms with Crippen LogP contribution in [0.5, 0.6) is 17.2 Å². The van der Waals surface area contributed by atoms with Crippen LogP contribution in [0.4, 0.5) is 5.13 Å². The second-order valence-corrected chi connectivity index (χ2v) is 8.64. The summed E-state index contributed by atoms with van der Waals surface area (Å²) in [7, 11) is 4.61. The molecule has 1 heterocycles. The van der Waals surface area contributed by atoms with Crippen molar-refractivity contribution in [2.24, 2.45) is 0 Å². The highest BCUT2D eigenvalue weighted by molar-refractivity contribution is 7.22. The highest BCUT2D eigenvalue weighted by atomic mass is 32.1. The maximum absolute atomic E-state index is 13.9. The third kappa shape index (κ3) is 4.36. The van der Waals surface area contributed by atoms with Crippen molar-refractivity contribution in [3.05, 3.63) is 76.9 Å². The Morgan fingerprint density at radius 2 is 1.55 bits per heavy atom. The Bertz CT molecular complexity index is 1240. The minimum Gasteiger partial charge on any atom is -0.493 e. The molecule has 0 aliphatic carbocycles. The standard InChI is InChI=1S/C26H26N2O4S/c1-16-11-12-17(2)24-22(16)27-26(33-24)28(15-18-9-7-6-8-10-18)25(29)19-13-20(30-3)23(32-5)21(14-19)31-4/h6-14H,15H2,1-5H3. The molecule has 33 heavy (non-hydrogen) atoms. The minimum atomic E-state index is -0.201.